The van der Waals surface area contributed by atoms with Gasteiger partial charge in [-0.25, -0.2) is 9.78 Å². The van der Waals surface area contributed by atoms with Crippen LogP contribution in [-0.4, -0.2) is 21.8 Å². The van der Waals surface area contributed by atoms with Crippen LogP contribution in [0.2, 0.25) is 0 Å². The van der Waals surface area contributed by atoms with E-state index in [-0.39, 0.29) is 12.5 Å². The van der Waals surface area contributed by atoms with E-state index in [9.17, 15) is 9.59 Å². The molecule has 1 aliphatic heterocycles. The molecule has 2 heterocycles. The summed E-state index contributed by atoms with van der Waals surface area (Å²) in [5, 5.41) is 2.86. The van der Waals surface area contributed by atoms with Crippen molar-refractivity contribution in [3.63, 3.8) is 0 Å². The SMILES string of the molecule is CCC1(c2ccccc2)NC(=O)N(Cc2ncc(-c3ccccc3)o2)C1=O. The maximum absolute atomic E-state index is 13.1. The molecule has 0 bridgehead atoms. The van der Waals surface area contributed by atoms with Crippen LogP contribution < -0.4 is 5.32 Å². The molecule has 1 aromatic heterocycles. The first-order chi connectivity index (χ1) is 13.1. The molecule has 6 nitrogen and oxygen atoms in total. The highest BCUT2D eigenvalue weighted by molar-refractivity contribution is 6.07. The number of oxazole rings is 1. The van der Waals surface area contributed by atoms with E-state index >= 15 is 0 Å². The van der Waals surface area contributed by atoms with Gasteiger partial charge in [-0.3, -0.25) is 9.69 Å². The summed E-state index contributed by atoms with van der Waals surface area (Å²) in [5.41, 5.74) is 0.610. The first kappa shape index (κ1) is 17.0. The van der Waals surface area contributed by atoms with Crippen molar-refractivity contribution >= 4 is 11.9 Å². The van der Waals surface area contributed by atoms with Crippen molar-refractivity contribution in [1.29, 1.82) is 0 Å². The van der Waals surface area contributed by atoms with Gasteiger partial charge in [0, 0.05) is 5.56 Å². The predicted molar refractivity (Wildman–Crippen MR) is 99.4 cm³/mol. The third kappa shape index (κ3) is 2.89. The highest BCUT2D eigenvalue weighted by Gasteiger charge is 2.51. The summed E-state index contributed by atoms with van der Waals surface area (Å²) in [6.45, 7) is 1.87. The second-order valence-electron chi connectivity index (χ2n) is 6.43. The summed E-state index contributed by atoms with van der Waals surface area (Å²) in [5.74, 6) is 0.625. The quantitative estimate of drug-likeness (QED) is 0.703. The summed E-state index contributed by atoms with van der Waals surface area (Å²) in [4.78, 5) is 31.1. The van der Waals surface area contributed by atoms with E-state index in [1.165, 1.54) is 0 Å². The fourth-order valence-electron chi connectivity index (χ4n) is 3.39. The molecule has 0 spiro atoms. The van der Waals surface area contributed by atoms with Gasteiger partial charge in [-0.15, -0.1) is 0 Å². The van der Waals surface area contributed by atoms with Gasteiger partial charge in [-0.05, 0) is 12.0 Å². The van der Waals surface area contributed by atoms with Gasteiger partial charge in [-0.2, -0.15) is 0 Å². The zero-order valence-electron chi connectivity index (χ0n) is 14.9. The molecule has 0 radical (unpaired) electrons. The minimum Gasteiger partial charge on any atom is -0.439 e. The van der Waals surface area contributed by atoms with E-state index in [4.69, 9.17) is 4.42 Å². The van der Waals surface area contributed by atoms with Gasteiger partial charge in [-0.1, -0.05) is 67.6 Å². The highest BCUT2D eigenvalue weighted by Crippen LogP contribution is 2.33. The van der Waals surface area contributed by atoms with Crippen molar-refractivity contribution in [2.75, 3.05) is 0 Å². The van der Waals surface area contributed by atoms with E-state index < -0.39 is 11.6 Å². The Morgan fingerprint density at radius 1 is 1.04 bits per heavy atom. The Morgan fingerprint density at radius 3 is 2.37 bits per heavy atom. The molecule has 6 heteroatoms. The van der Waals surface area contributed by atoms with Gasteiger partial charge in [0.1, 0.15) is 12.1 Å². The average Bonchev–Trinajstić information content (AvgIpc) is 3.28. The van der Waals surface area contributed by atoms with E-state index in [2.05, 4.69) is 10.3 Å². The normalized spacial score (nSPS) is 19.4. The molecule has 1 atom stereocenters. The lowest BCUT2D eigenvalue weighted by molar-refractivity contribution is -0.132. The number of carbonyl (C=O) groups is 2. The molecule has 1 N–H and O–H groups in total. The van der Waals surface area contributed by atoms with Gasteiger partial charge in [0.15, 0.2) is 5.76 Å². The van der Waals surface area contributed by atoms with Crippen molar-refractivity contribution in [3.8, 4) is 11.3 Å². The maximum Gasteiger partial charge on any atom is 0.325 e. The fourth-order valence-corrected chi connectivity index (χ4v) is 3.39. The van der Waals surface area contributed by atoms with Crippen molar-refractivity contribution in [2.24, 2.45) is 0 Å². The van der Waals surface area contributed by atoms with Crippen LogP contribution in [0.25, 0.3) is 11.3 Å². The zero-order valence-corrected chi connectivity index (χ0v) is 14.9. The molecule has 136 valence electrons. The standard InChI is InChI=1S/C21H19N3O3/c1-2-21(16-11-7-4-8-12-16)19(25)24(20(26)23-21)14-18-22-13-17(27-18)15-9-5-3-6-10-15/h3-13H,2,14H2,1H3,(H,23,26). The predicted octanol–water partition coefficient (Wildman–Crippen LogP) is 3.70. The highest BCUT2D eigenvalue weighted by atomic mass is 16.4. The molecule has 2 aromatic carbocycles. The summed E-state index contributed by atoms with van der Waals surface area (Å²) in [7, 11) is 0. The van der Waals surface area contributed by atoms with Gasteiger partial charge in [0.2, 0.25) is 5.89 Å². The Hall–Kier alpha value is -3.41. The smallest absolute Gasteiger partial charge is 0.325 e. The summed E-state index contributed by atoms with van der Waals surface area (Å²) < 4.78 is 5.75. The van der Waals surface area contributed by atoms with E-state index in [0.717, 1.165) is 16.0 Å². The lowest BCUT2D eigenvalue weighted by Gasteiger charge is -2.25. The summed E-state index contributed by atoms with van der Waals surface area (Å²) in [6.07, 6.45) is 2.06. The molecule has 1 fully saturated rings. The second kappa shape index (κ2) is 6.72. The Bertz CT molecular complexity index is 969. The van der Waals surface area contributed by atoms with Crippen LogP contribution in [0, 0.1) is 0 Å². The second-order valence-corrected chi connectivity index (χ2v) is 6.43. The molecule has 4 rings (SSSR count). The molecule has 1 unspecified atom stereocenters. The number of hydrogen-bond acceptors (Lipinski definition) is 4. The van der Waals surface area contributed by atoms with Crippen LogP contribution >= 0.6 is 0 Å². The summed E-state index contributed by atoms with van der Waals surface area (Å²) in [6, 6.07) is 18.4. The van der Waals surface area contributed by atoms with E-state index in [0.29, 0.717) is 18.1 Å². The number of hydrogen-bond donors (Lipinski definition) is 1. The minimum absolute atomic E-state index is 0.00785. The molecule has 3 aromatic rings. The first-order valence-electron chi connectivity index (χ1n) is 8.84. The van der Waals surface area contributed by atoms with Crippen LogP contribution in [0.1, 0.15) is 24.8 Å². The average molecular weight is 361 g/mol. The number of rotatable bonds is 5. The molecule has 3 amide bonds. The van der Waals surface area contributed by atoms with Crippen LogP contribution in [0.4, 0.5) is 4.79 Å². The molecule has 27 heavy (non-hydrogen) atoms. The maximum atomic E-state index is 13.1. The number of nitrogens with zero attached hydrogens (tertiary/aromatic N) is 2. The lowest BCUT2D eigenvalue weighted by atomic mass is 9.87. The number of carbonyl (C=O) groups excluding carboxylic acids is 2. The molecule has 0 saturated carbocycles. The minimum atomic E-state index is -1.05. The number of aromatic nitrogens is 1. The van der Waals surface area contributed by atoms with Crippen LogP contribution in [0.15, 0.2) is 71.3 Å². The Kier molecular flexibility index (Phi) is 4.24. The van der Waals surface area contributed by atoms with Gasteiger partial charge in [0.05, 0.1) is 6.20 Å². The van der Waals surface area contributed by atoms with Crippen LogP contribution in [-0.2, 0) is 16.9 Å². The number of amides is 3. The Labute approximate surface area is 156 Å². The van der Waals surface area contributed by atoms with Gasteiger partial charge in [0.25, 0.3) is 5.91 Å². The Balaban J connectivity index is 1.59. The number of nitrogens with one attached hydrogen (secondary N) is 1. The largest absolute Gasteiger partial charge is 0.439 e. The number of urea groups is 1. The molecule has 0 aliphatic carbocycles. The monoisotopic (exact) mass is 361 g/mol. The number of imide groups is 1. The topological polar surface area (TPSA) is 75.4 Å². The summed E-state index contributed by atoms with van der Waals surface area (Å²) >= 11 is 0. The van der Waals surface area contributed by atoms with Gasteiger partial charge >= 0.3 is 6.03 Å². The van der Waals surface area contributed by atoms with Crippen molar-refractivity contribution < 1.29 is 14.0 Å². The van der Waals surface area contributed by atoms with E-state index in [1.54, 1.807) is 6.20 Å². The van der Waals surface area contributed by atoms with Crippen LogP contribution in [0.3, 0.4) is 0 Å². The van der Waals surface area contributed by atoms with Gasteiger partial charge < -0.3 is 9.73 Å². The molecular weight excluding hydrogens is 342 g/mol. The lowest BCUT2D eigenvalue weighted by Crippen LogP contribution is -2.43. The molecule has 1 aliphatic rings. The third-order valence-corrected chi connectivity index (χ3v) is 4.88. The van der Waals surface area contributed by atoms with Crippen LogP contribution in [0.5, 0.6) is 0 Å². The first-order valence-corrected chi connectivity index (χ1v) is 8.84. The molecule has 1 saturated heterocycles. The molecular formula is C21H19N3O3. The van der Waals surface area contributed by atoms with Crippen molar-refractivity contribution in [3.05, 3.63) is 78.3 Å². The van der Waals surface area contributed by atoms with E-state index in [1.807, 2.05) is 67.6 Å². The Morgan fingerprint density at radius 2 is 1.70 bits per heavy atom. The zero-order chi connectivity index (χ0) is 18.9. The number of benzene rings is 2. The van der Waals surface area contributed by atoms with Crippen molar-refractivity contribution in [2.45, 2.75) is 25.4 Å². The third-order valence-electron chi connectivity index (χ3n) is 4.88. The van der Waals surface area contributed by atoms with Crippen molar-refractivity contribution in [1.82, 2.24) is 15.2 Å². The fraction of sp³-hybridized carbons (Fsp3) is 0.190.